The van der Waals surface area contributed by atoms with Crippen LogP contribution in [0.5, 0.6) is 0 Å². The van der Waals surface area contributed by atoms with Crippen molar-refractivity contribution in [3.63, 3.8) is 0 Å². The van der Waals surface area contributed by atoms with Crippen LogP contribution in [-0.4, -0.2) is 9.55 Å². The summed E-state index contributed by atoms with van der Waals surface area (Å²) in [4.78, 5) is 4.06. The van der Waals surface area contributed by atoms with E-state index >= 15 is 0 Å². The Morgan fingerprint density at radius 2 is 1.52 bits per heavy atom. The van der Waals surface area contributed by atoms with Crippen molar-refractivity contribution in [3.05, 3.63) is 96.3 Å². The van der Waals surface area contributed by atoms with Crippen molar-refractivity contribution in [1.82, 2.24) is 9.55 Å². The third kappa shape index (κ3) is 2.64. The van der Waals surface area contributed by atoms with Gasteiger partial charge in [-0.05, 0) is 53.6 Å². The number of rotatable bonds is 2. The zero-order chi connectivity index (χ0) is 19.8. The minimum Gasteiger partial charge on any atom is -0.309 e. The van der Waals surface area contributed by atoms with Gasteiger partial charge in [-0.25, -0.2) is 0 Å². The van der Waals surface area contributed by atoms with Crippen LogP contribution in [0.3, 0.4) is 0 Å². The average molecular weight is 370 g/mol. The number of nitrogens with zero attached hydrogens (tertiary/aromatic N) is 4. The van der Waals surface area contributed by atoms with E-state index in [1.807, 2.05) is 60.7 Å². The number of fused-ring (bicyclic) bond motifs is 3. The predicted octanol–water partition coefficient (Wildman–Crippen LogP) is 5.59. The molecule has 2 aromatic heterocycles. The Hall–Kier alpha value is -4.41. The van der Waals surface area contributed by atoms with Gasteiger partial charge in [0.2, 0.25) is 0 Å². The first-order valence-electron chi connectivity index (χ1n) is 9.18. The summed E-state index contributed by atoms with van der Waals surface area (Å²) >= 11 is 0. The summed E-state index contributed by atoms with van der Waals surface area (Å²) in [5, 5.41) is 21.4. The van der Waals surface area contributed by atoms with Crippen molar-refractivity contribution in [1.29, 1.82) is 10.5 Å². The molecule has 0 fully saturated rings. The molecule has 0 N–H and O–H groups in total. The number of aromatic nitrogens is 2. The first kappa shape index (κ1) is 16.7. The summed E-state index contributed by atoms with van der Waals surface area (Å²) in [5.41, 5.74) is 5.91. The molecular weight excluding hydrogens is 356 g/mol. The Labute approximate surface area is 167 Å². The van der Waals surface area contributed by atoms with E-state index < -0.39 is 0 Å². The first-order valence-corrected chi connectivity index (χ1v) is 9.18. The Morgan fingerprint density at radius 3 is 2.31 bits per heavy atom. The smallest absolute Gasteiger partial charge is 0.0998 e. The van der Waals surface area contributed by atoms with Gasteiger partial charge in [-0.2, -0.15) is 10.5 Å². The van der Waals surface area contributed by atoms with Crippen LogP contribution in [0.25, 0.3) is 38.6 Å². The summed E-state index contributed by atoms with van der Waals surface area (Å²) < 4.78 is 2.11. The Bertz CT molecular complexity index is 1460. The summed E-state index contributed by atoms with van der Waals surface area (Å²) in [7, 11) is 0. The topological polar surface area (TPSA) is 65.4 Å². The van der Waals surface area contributed by atoms with E-state index in [0.29, 0.717) is 11.1 Å². The quantitative estimate of drug-likeness (QED) is 0.407. The first-order chi connectivity index (χ1) is 14.3. The van der Waals surface area contributed by atoms with Gasteiger partial charge in [-0.3, -0.25) is 4.98 Å². The van der Waals surface area contributed by atoms with Crippen molar-refractivity contribution >= 4 is 21.8 Å². The molecule has 3 aromatic carbocycles. The van der Waals surface area contributed by atoms with E-state index in [-0.39, 0.29) is 0 Å². The summed E-state index contributed by atoms with van der Waals surface area (Å²) in [5.74, 6) is 0. The third-order valence-corrected chi connectivity index (χ3v) is 5.18. The van der Waals surface area contributed by atoms with E-state index in [2.05, 4.69) is 33.8 Å². The van der Waals surface area contributed by atoms with Crippen LogP contribution in [0, 0.1) is 22.7 Å². The Balaban J connectivity index is 1.82. The molecule has 0 aliphatic rings. The van der Waals surface area contributed by atoms with E-state index in [1.54, 1.807) is 12.4 Å². The van der Waals surface area contributed by atoms with Gasteiger partial charge in [0.25, 0.3) is 0 Å². The van der Waals surface area contributed by atoms with Crippen LogP contribution in [0.4, 0.5) is 0 Å². The fraction of sp³-hybridized carbons (Fsp3) is 0. The third-order valence-electron chi connectivity index (χ3n) is 5.18. The molecule has 0 aliphatic carbocycles. The van der Waals surface area contributed by atoms with Gasteiger partial charge in [-0.1, -0.05) is 30.3 Å². The largest absolute Gasteiger partial charge is 0.309 e. The maximum Gasteiger partial charge on any atom is 0.0998 e. The van der Waals surface area contributed by atoms with Crippen LogP contribution in [0.1, 0.15) is 11.1 Å². The molecule has 29 heavy (non-hydrogen) atoms. The minimum atomic E-state index is 0.594. The number of benzene rings is 3. The number of hydrogen-bond acceptors (Lipinski definition) is 3. The van der Waals surface area contributed by atoms with Gasteiger partial charge in [0.15, 0.2) is 0 Å². The lowest BCUT2D eigenvalue weighted by molar-refractivity contribution is 1.18. The molecule has 5 rings (SSSR count). The zero-order valence-electron chi connectivity index (χ0n) is 15.4. The highest BCUT2D eigenvalue weighted by atomic mass is 15.0. The fourth-order valence-electron chi connectivity index (χ4n) is 3.87. The second-order valence-electron chi connectivity index (χ2n) is 6.77. The van der Waals surface area contributed by atoms with Crippen molar-refractivity contribution in [2.45, 2.75) is 0 Å². The molecule has 0 saturated carbocycles. The lowest BCUT2D eigenvalue weighted by atomic mass is 10.0. The minimum absolute atomic E-state index is 0.594. The summed E-state index contributed by atoms with van der Waals surface area (Å²) in [6, 6.07) is 28.1. The Kier molecular flexibility index (Phi) is 3.83. The van der Waals surface area contributed by atoms with E-state index in [9.17, 15) is 10.5 Å². The van der Waals surface area contributed by atoms with Gasteiger partial charge in [0.05, 0.1) is 34.3 Å². The van der Waals surface area contributed by atoms with Crippen molar-refractivity contribution in [2.24, 2.45) is 0 Å². The predicted molar refractivity (Wildman–Crippen MR) is 113 cm³/mol. The summed E-state index contributed by atoms with van der Waals surface area (Å²) in [6.45, 7) is 0. The second kappa shape index (κ2) is 6.64. The van der Waals surface area contributed by atoms with Gasteiger partial charge in [-0.15, -0.1) is 0 Å². The highest BCUT2D eigenvalue weighted by molar-refractivity contribution is 6.09. The molecule has 0 unspecified atom stereocenters. The van der Waals surface area contributed by atoms with Crippen LogP contribution in [0.2, 0.25) is 0 Å². The molecule has 0 radical (unpaired) electrons. The van der Waals surface area contributed by atoms with Crippen LogP contribution < -0.4 is 0 Å². The molecule has 4 nitrogen and oxygen atoms in total. The molecule has 0 spiro atoms. The Morgan fingerprint density at radius 1 is 0.724 bits per heavy atom. The molecule has 134 valence electrons. The SMILES string of the molecule is N#Cc1ccc2c3ccccc3n(-c3ccc(-c4ccncc4)c(C#N)c3)c2c1. The normalized spacial score (nSPS) is 10.7. The molecule has 0 aliphatic heterocycles. The maximum absolute atomic E-state index is 9.79. The van der Waals surface area contributed by atoms with Crippen LogP contribution in [0.15, 0.2) is 85.2 Å². The van der Waals surface area contributed by atoms with E-state index in [1.165, 1.54) is 0 Å². The molecule has 2 heterocycles. The summed E-state index contributed by atoms with van der Waals surface area (Å²) in [6.07, 6.45) is 3.45. The van der Waals surface area contributed by atoms with Crippen LogP contribution >= 0.6 is 0 Å². The van der Waals surface area contributed by atoms with Crippen molar-refractivity contribution < 1.29 is 0 Å². The van der Waals surface area contributed by atoms with Gasteiger partial charge in [0, 0.05) is 28.9 Å². The standard InChI is InChI=1S/C25H14N4/c26-15-17-5-7-23-22-3-1-2-4-24(22)29(25(23)13-17)20-6-8-21(19(14-20)16-27)18-9-11-28-12-10-18/h1-14H. The highest BCUT2D eigenvalue weighted by Gasteiger charge is 2.14. The molecular formula is C25H14N4. The van der Waals surface area contributed by atoms with E-state index in [0.717, 1.165) is 38.6 Å². The number of para-hydroxylation sites is 1. The molecule has 0 amide bonds. The van der Waals surface area contributed by atoms with Gasteiger partial charge in [0.1, 0.15) is 0 Å². The number of pyridine rings is 1. The van der Waals surface area contributed by atoms with E-state index in [4.69, 9.17) is 0 Å². The van der Waals surface area contributed by atoms with Crippen molar-refractivity contribution in [2.75, 3.05) is 0 Å². The van der Waals surface area contributed by atoms with Gasteiger partial charge >= 0.3 is 0 Å². The monoisotopic (exact) mass is 370 g/mol. The molecule has 0 bridgehead atoms. The highest BCUT2D eigenvalue weighted by Crippen LogP contribution is 2.34. The molecule has 4 heteroatoms. The number of hydrogen-bond donors (Lipinski definition) is 0. The second-order valence-corrected chi connectivity index (χ2v) is 6.77. The lowest BCUT2D eigenvalue weighted by Gasteiger charge is -2.11. The fourth-order valence-corrected chi connectivity index (χ4v) is 3.87. The van der Waals surface area contributed by atoms with Crippen molar-refractivity contribution in [3.8, 4) is 29.0 Å². The average Bonchev–Trinajstić information content (AvgIpc) is 3.12. The maximum atomic E-state index is 9.79. The molecule has 5 aromatic rings. The lowest BCUT2D eigenvalue weighted by Crippen LogP contribution is -1.96. The van der Waals surface area contributed by atoms with Crippen LogP contribution in [-0.2, 0) is 0 Å². The number of nitriles is 2. The molecule has 0 saturated heterocycles. The molecule has 0 atom stereocenters. The zero-order valence-corrected chi connectivity index (χ0v) is 15.4. The van der Waals surface area contributed by atoms with Gasteiger partial charge < -0.3 is 4.57 Å².